The van der Waals surface area contributed by atoms with E-state index in [1.165, 1.54) is 11.0 Å². The number of aryl methyl sites for hydroxylation is 1. The molecule has 0 aliphatic carbocycles. The molecular weight excluding hydrogens is 300 g/mol. The van der Waals surface area contributed by atoms with Crippen molar-refractivity contribution in [2.75, 3.05) is 18.9 Å². The largest absolute Gasteiger partial charge is 0.333 e. The van der Waals surface area contributed by atoms with Crippen LogP contribution in [-0.2, 0) is 16.0 Å². The molecule has 0 saturated carbocycles. The summed E-state index contributed by atoms with van der Waals surface area (Å²) in [6, 6.07) is 17.2. The van der Waals surface area contributed by atoms with Crippen molar-refractivity contribution in [3.8, 4) is 0 Å². The molecule has 4 nitrogen and oxygen atoms in total. The van der Waals surface area contributed by atoms with Crippen molar-refractivity contribution in [2.45, 2.75) is 13.3 Å². The summed E-state index contributed by atoms with van der Waals surface area (Å²) in [5, 5.41) is 2.86. The van der Waals surface area contributed by atoms with Crippen LogP contribution in [0, 0.1) is 0 Å². The summed E-state index contributed by atoms with van der Waals surface area (Å²) in [5.41, 5.74) is 2.81. The van der Waals surface area contributed by atoms with Crippen LogP contribution in [0.5, 0.6) is 0 Å². The van der Waals surface area contributed by atoms with Gasteiger partial charge in [0.05, 0.1) is 6.54 Å². The fourth-order valence-corrected chi connectivity index (χ4v) is 2.29. The highest BCUT2D eigenvalue weighted by Crippen LogP contribution is 2.15. The van der Waals surface area contributed by atoms with Gasteiger partial charge in [0.25, 0.3) is 0 Å². The molecule has 0 saturated heterocycles. The number of likely N-dealkylation sites (N-methyl/N-ethyl adjacent to an activating group) is 1. The Balaban J connectivity index is 1.91. The van der Waals surface area contributed by atoms with Crippen molar-refractivity contribution >= 4 is 23.6 Å². The Hall–Kier alpha value is -2.88. The van der Waals surface area contributed by atoms with E-state index in [-0.39, 0.29) is 18.4 Å². The molecule has 0 aliphatic heterocycles. The second-order valence-electron chi connectivity index (χ2n) is 5.50. The van der Waals surface area contributed by atoms with Crippen LogP contribution in [0.2, 0.25) is 0 Å². The molecule has 124 valence electrons. The van der Waals surface area contributed by atoms with Crippen molar-refractivity contribution in [3.05, 3.63) is 71.8 Å². The van der Waals surface area contributed by atoms with E-state index < -0.39 is 0 Å². The predicted molar refractivity (Wildman–Crippen MR) is 97.6 cm³/mol. The summed E-state index contributed by atoms with van der Waals surface area (Å²) >= 11 is 0. The number of hydrogen-bond acceptors (Lipinski definition) is 2. The van der Waals surface area contributed by atoms with Gasteiger partial charge in [0.2, 0.25) is 11.8 Å². The molecule has 2 aromatic rings. The molecule has 0 fully saturated rings. The Morgan fingerprint density at radius 2 is 1.71 bits per heavy atom. The quantitative estimate of drug-likeness (QED) is 0.829. The lowest BCUT2D eigenvalue weighted by Gasteiger charge is -2.16. The highest BCUT2D eigenvalue weighted by molar-refractivity contribution is 5.98. The van der Waals surface area contributed by atoms with Gasteiger partial charge in [-0.05, 0) is 29.7 Å². The molecule has 24 heavy (non-hydrogen) atoms. The van der Waals surface area contributed by atoms with E-state index >= 15 is 0 Å². The Labute approximate surface area is 142 Å². The third kappa shape index (κ3) is 5.09. The van der Waals surface area contributed by atoms with E-state index in [0.717, 1.165) is 23.2 Å². The molecule has 0 bridgehead atoms. The Morgan fingerprint density at radius 1 is 1.04 bits per heavy atom. The number of para-hydroxylation sites is 1. The molecular formula is C20H22N2O2. The zero-order valence-electron chi connectivity index (χ0n) is 14.0. The van der Waals surface area contributed by atoms with Gasteiger partial charge in [0, 0.05) is 18.8 Å². The number of nitrogens with one attached hydrogen (secondary N) is 1. The van der Waals surface area contributed by atoms with Crippen LogP contribution in [-0.4, -0.2) is 30.3 Å². The summed E-state index contributed by atoms with van der Waals surface area (Å²) in [4.78, 5) is 25.6. The van der Waals surface area contributed by atoms with E-state index in [0.29, 0.717) is 0 Å². The molecule has 1 N–H and O–H groups in total. The van der Waals surface area contributed by atoms with Gasteiger partial charge in [-0.1, -0.05) is 55.5 Å². The lowest BCUT2D eigenvalue weighted by atomic mass is 10.1. The van der Waals surface area contributed by atoms with Crippen LogP contribution < -0.4 is 5.32 Å². The number of anilines is 1. The predicted octanol–water partition coefficient (Wildman–Crippen LogP) is 3.36. The normalized spacial score (nSPS) is 10.6. The zero-order chi connectivity index (χ0) is 17.4. The first-order valence-electron chi connectivity index (χ1n) is 7.96. The number of carbonyl (C=O) groups is 2. The summed E-state index contributed by atoms with van der Waals surface area (Å²) in [7, 11) is 1.61. The Morgan fingerprint density at radius 3 is 2.42 bits per heavy atom. The monoisotopic (exact) mass is 322 g/mol. The fourth-order valence-electron chi connectivity index (χ4n) is 2.29. The Bertz CT molecular complexity index is 723. The molecule has 2 rings (SSSR count). The first-order chi connectivity index (χ1) is 11.6. The van der Waals surface area contributed by atoms with E-state index in [9.17, 15) is 9.59 Å². The second kappa shape index (κ2) is 8.67. The highest BCUT2D eigenvalue weighted by Gasteiger charge is 2.11. The molecule has 0 atom stereocenters. The first kappa shape index (κ1) is 17.5. The smallest absolute Gasteiger partial charge is 0.246 e. The van der Waals surface area contributed by atoms with Crippen LogP contribution in [0.15, 0.2) is 60.7 Å². The molecule has 0 aromatic heterocycles. The molecule has 0 heterocycles. The van der Waals surface area contributed by atoms with Gasteiger partial charge in [0.15, 0.2) is 0 Å². The van der Waals surface area contributed by atoms with Crippen molar-refractivity contribution in [3.63, 3.8) is 0 Å². The topological polar surface area (TPSA) is 49.4 Å². The number of hydrogen-bond donors (Lipinski definition) is 1. The number of rotatable bonds is 6. The lowest BCUT2D eigenvalue weighted by molar-refractivity contribution is -0.129. The van der Waals surface area contributed by atoms with E-state index in [4.69, 9.17) is 0 Å². The molecule has 4 heteroatoms. The number of amides is 2. The van der Waals surface area contributed by atoms with Crippen molar-refractivity contribution in [1.29, 1.82) is 0 Å². The Kier molecular flexibility index (Phi) is 6.32. The second-order valence-corrected chi connectivity index (χ2v) is 5.50. The lowest BCUT2D eigenvalue weighted by Crippen LogP contribution is -2.34. The highest BCUT2D eigenvalue weighted by atomic mass is 16.2. The van der Waals surface area contributed by atoms with Gasteiger partial charge in [-0.15, -0.1) is 0 Å². The van der Waals surface area contributed by atoms with E-state index in [1.807, 2.05) is 61.5 Å². The summed E-state index contributed by atoms with van der Waals surface area (Å²) in [6.07, 6.45) is 4.05. The van der Waals surface area contributed by atoms with Crippen molar-refractivity contribution in [2.24, 2.45) is 0 Å². The van der Waals surface area contributed by atoms with Crippen LogP contribution >= 0.6 is 0 Å². The van der Waals surface area contributed by atoms with Gasteiger partial charge in [-0.3, -0.25) is 9.59 Å². The van der Waals surface area contributed by atoms with Crippen LogP contribution in [0.3, 0.4) is 0 Å². The summed E-state index contributed by atoms with van der Waals surface area (Å²) in [6.45, 7) is 2.05. The number of carbonyl (C=O) groups excluding carboxylic acids is 2. The van der Waals surface area contributed by atoms with Gasteiger partial charge < -0.3 is 10.2 Å². The van der Waals surface area contributed by atoms with E-state index in [2.05, 4.69) is 5.32 Å². The van der Waals surface area contributed by atoms with E-state index in [1.54, 1.807) is 13.1 Å². The third-order valence-corrected chi connectivity index (χ3v) is 3.65. The average Bonchev–Trinajstić information content (AvgIpc) is 2.60. The number of nitrogens with zero attached hydrogens (tertiary/aromatic N) is 1. The standard InChI is InChI=1S/C20H22N2O2/c1-3-17-11-7-8-12-18(17)21-19(23)15-22(2)20(24)14-13-16-9-5-4-6-10-16/h4-14H,3,15H2,1-2H3,(H,21,23). The summed E-state index contributed by atoms with van der Waals surface area (Å²) < 4.78 is 0. The number of benzene rings is 2. The molecule has 0 aliphatic rings. The minimum Gasteiger partial charge on any atom is -0.333 e. The van der Waals surface area contributed by atoms with Gasteiger partial charge in [-0.25, -0.2) is 0 Å². The maximum Gasteiger partial charge on any atom is 0.246 e. The first-order valence-corrected chi connectivity index (χ1v) is 7.96. The molecule has 2 aromatic carbocycles. The van der Waals surface area contributed by atoms with Gasteiger partial charge in [-0.2, -0.15) is 0 Å². The van der Waals surface area contributed by atoms with Crippen LogP contribution in [0.4, 0.5) is 5.69 Å². The minimum atomic E-state index is -0.210. The van der Waals surface area contributed by atoms with Crippen LogP contribution in [0.1, 0.15) is 18.1 Å². The van der Waals surface area contributed by atoms with Crippen LogP contribution in [0.25, 0.3) is 6.08 Å². The molecule has 0 spiro atoms. The maximum absolute atomic E-state index is 12.1. The SMILES string of the molecule is CCc1ccccc1NC(=O)CN(C)C(=O)C=Cc1ccccc1. The van der Waals surface area contributed by atoms with Crippen molar-refractivity contribution < 1.29 is 9.59 Å². The maximum atomic E-state index is 12.1. The average molecular weight is 322 g/mol. The van der Waals surface area contributed by atoms with Gasteiger partial charge >= 0.3 is 0 Å². The van der Waals surface area contributed by atoms with Crippen molar-refractivity contribution in [1.82, 2.24) is 4.90 Å². The summed E-state index contributed by atoms with van der Waals surface area (Å²) in [5.74, 6) is -0.419. The fraction of sp³-hybridized carbons (Fsp3) is 0.200. The molecule has 2 amide bonds. The molecule has 0 radical (unpaired) electrons. The molecule has 0 unspecified atom stereocenters. The third-order valence-electron chi connectivity index (χ3n) is 3.65. The van der Waals surface area contributed by atoms with Gasteiger partial charge in [0.1, 0.15) is 0 Å². The zero-order valence-corrected chi connectivity index (χ0v) is 14.0. The minimum absolute atomic E-state index is 0.00993.